The van der Waals surface area contributed by atoms with Crippen molar-refractivity contribution >= 4 is 49.5 Å². The van der Waals surface area contributed by atoms with Crippen LogP contribution in [-0.2, 0) is 0 Å². The van der Waals surface area contributed by atoms with Crippen molar-refractivity contribution in [2.24, 2.45) is 0 Å². The lowest BCUT2D eigenvalue weighted by molar-refractivity contribution is 0.262. The van der Waals surface area contributed by atoms with E-state index in [2.05, 4.69) is 52.5 Å². The Morgan fingerprint density at radius 3 is 2.17 bits per heavy atom. The quantitative estimate of drug-likeness (QED) is 0.846. The van der Waals surface area contributed by atoms with E-state index < -0.39 is 0 Å². The summed E-state index contributed by atoms with van der Waals surface area (Å²) in [6.07, 6.45) is 3.12. The topological polar surface area (TPSA) is 66.9 Å². The van der Waals surface area contributed by atoms with Crippen LogP contribution < -0.4 is 10.6 Å². The standard InChI is InChI=1S/C11H8Br2N4O/c12-7-1-3-9(4-2-7)16-11(18)17-10-14-5-8(13)6-15-10/h1-6H,(H2,14,15,16,17,18). The van der Waals surface area contributed by atoms with Gasteiger partial charge in [-0.2, -0.15) is 0 Å². The zero-order chi connectivity index (χ0) is 13.0. The molecule has 0 radical (unpaired) electrons. The Bertz CT molecular complexity index is 492. The number of halogens is 2. The number of urea groups is 1. The predicted molar refractivity (Wildman–Crippen MR) is 76.5 cm³/mol. The molecule has 0 spiro atoms. The highest BCUT2D eigenvalue weighted by Crippen LogP contribution is 2.14. The SMILES string of the molecule is O=C(Nc1ccc(Br)cc1)Nc1ncc(Br)cn1. The Balaban J connectivity index is 1.96. The highest BCUT2D eigenvalue weighted by molar-refractivity contribution is 9.10. The molecule has 0 bridgehead atoms. The Morgan fingerprint density at radius 1 is 0.944 bits per heavy atom. The fraction of sp³-hybridized carbons (Fsp3) is 0. The van der Waals surface area contributed by atoms with Gasteiger partial charge in [-0.25, -0.2) is 14.8 Å². The van der Waals surface area contributed by atoms with Crippen LogP contribution in [0.1, 0.15) is 0 Å². The normalized spacial score (nSPS) is 9.89. The number of carbonyl (C=O) groups excluding carboxylic acids is 1. The molecule has 18 heavy (non-hydrogen) atoms. The van der Waals surface area contributed by atoms with Gasteiger partial charge in [0.25, 0.3) is 0 Å². The zero-order valence-corrected chi connectivity index (χ0v) is 12.2. The van der Waals surface area contributed by atoms with Gasteiger partial charge in [0.2, 0.25) is 5.95 Å². The van der Waals surface area contributed by atoms with Crippen LogP contribution >= 0.6 is 31.9 Å². The summed E-state index contributed by atoms with van der Waals surface area (Å²) >= 11 is 6.53. The lowest BCUT2D eigenvalue weighted by Crippen LogP contribution is -2.20. The first-order valence-electron chi connectivity index (χ1n) is 4.94. The minimum absolute atomic E-state index is 0.243. The lowest BCUT2D eigenvalue weighted by Gasteiger charge is -2.06. The maximum absolute atomic E-state index is 11.6. The van der Waals surface area contributed by atoms with Gasteiger partial charge in [-0.1, -0.05) is 15.9 Å². The molecule has 0 saturated heterocycles. The summed E-state index contributed by atoms with van der Waals surface area (Å²) in [6.45, 7) is 0. The van der Waals surface area contributed by atoms with Crippen molar-refractivity contribution in [2.45, 2.75) is 0 Å². The van der Waals surface area contributed by atoms with Crippen molar-refractivity contribution < 1.29 is 4.79 Å². The second-order valence-electron chi connectivity index (χ2n) is 3.31. The first kappa shape index (κ1) is 13.0. The number of nitrogens with one attached hydrogen (secondary N) is 2. The molecule has 1 aromatic heterocycles. The van der Waals surface area contributed by atoms with E-state index in [-0.39, 0.29) is 12.0 Å². The van der Waals surface area contributed by atoms with Gasteiger partial charge in [0, 0.05) is 22.6 Å². The summed E-state index contributed by atoms with van der Waals surface area (Å²) in [7, 11) is 0. The second-order valence-corrected chi connectivity index (χ2v) is 5.14. The summed E-state index contributed by atoms with van der Waals surface area (Å²) in [5.74, 6) is 0.243. The van der Waals surface area contributed by atoms with E-state index in [0.717, 1.165) is 8.95 Å². The van der Waals surface area contributed by atoms with E-state index in [1.807, 2.05) is 12.1 Å². The van der Waals surface area contributed by atoms with Gasteiger partial charge in [-0.15, -0.1) is 0 Å². The minimum Gasteiger partial charge on any atom is -0.308 e. The molecule has 1 aromatic carbocycles. The lowest BCUT2D eigenvalue weighted by atomic mass is 10.3. The number of rotatable bonds is 2. The molecule has 2 rings (SSSR count). The van der Waals surface area contributed by atoms with Crippen LogP contribution in [0.3, 0.4) is 0 Å². The molecule has 7 heteroatoms. The fourth-order valence-electron chi connectivity index (χ4n) is 1.17. The number of carbonyl (C=O) groups is 1. The van der Waals surface area contributed by atoms with E-state index in [0.29, 0.717) is 5.69 Å². The molecular formula is C11H8Br2N4O. The van der Waals surface area contributed by atoms with Crippen molar-refractivity contribution in [2.75, 3.05) is 10.6 Å². The van der Waals surface area contributed by atoms with Gasteiger partial charge in [-0.05, 0) is 40.2 Å². The molecular weight excluding hydrogens is 364 g/mol. The third-order valence-corrected chi connectivity index (χ3v) is 2.89. The van der Waals surface area contributed by atoms with Crippen molar-refractivity contribution in [1.29, 1.82) is 0 Å². The maximum Gasteiger partial charge on any atom is 0.326 e. The molecule has 2 amide bonds. The highest BCUT2D eigenvalue weighted by Gasteiger charge is 2.04. The monoisotopic (exact) mass is 370 g/mol. The predicted octanol–water partition coefficient (Wildman–Crippen LogP) is 3.65. The third kappa shape index (κ3) is 3.78. The first-order chi connectivity index (χ1) is 8.63. The number of amides is 2. The smallest absolute Gasteiger partial charge is 0.308 e. The Morgan fingerprint density at radius 2 is 1.56 bits per heavy atom. The number of hydrogen-bond acceptors (Lipinski definition) is 3. The average molecular weight is 372 g/mol. The number of benzene rings is 1. The van der Waals surface area contributed by atoms with Crippen molar-refractivity contribution in [3.63, 3.8) is 0 Å². The van der Waals surface area contributed by atoms with Gasteiger partial charge in [0.1, 0.15) is 0 Å². The van der Waals surface area contributed by atoms with Gasteiger partial charge in [-0.3, -0.25) is 5.32 Å². The number of hydrogen-bond donors (Lipinski definition) is 2. The highest BCUT2D eigenvalue weighted by atomic mass is 79.9. The summed E-state index contributed by atoms with van der Waals surface area (Å²) in [5.41, 5.74) is 0.688. The van der Waals surface area contributed by atoms with Crippen LogP contribution in [0.15, 0.2) is 45.6 Å². The van der Waals surface area contributed by atoms with Crippen LogP contribution in [0.4, 0.5) is 16.4 Å². The van der Waals surface area contributed by atoms with Crippen molar-refractivity contribution in [1.82, 2.24) is 9.97 Å². The second kappa shape index (κ2) is 5.92. The summed E-state index contributed by atoms with van der Waals surface area (Å²) < 4.78 is 1.70. The zero-order valence-electron chi connectivity index (χ0n) is 9.02. The molecule has 2 N–H and O–H groups in total. The van der Waals surface area contributed by atoms with Crippen LogP contribution in [0.5, 0.6) is 0 Å². The molecule has 0 unspecified atom stereocenters. The van der Waals surface area contributed by atoms with Crippen LogP contribution in [-0.4, -0.2) is 16.0 Å². The summed E-state index contributed by atoms with van der Waals surface area (Å²) in [6, 6.07) is 6.86. The van der Waals surface area contributed by atoms with E-state index in [1.165, 1.54) is 0 Å². The third-order valence-electron chi connectivity index (χ3n) is 1.95. The van der Waals surface area contributed by atoms with E-state index in [1.54, 1.807) is 24.5 Å². The number of aromatic nitrogens is 2. The van der Waals surface area contributed by atoms with Crippen molar-refractivity contribution in [3.05, 3.63) is 45.6 Å². The van der Waals surface area contributed by atoms with Crippen LogP contribution in [0, 0.1) is 0 Å². The number of nitrogens with zero attached hydrogens (tertiary/aromatic N) is 2. The Labute approximate surface area is 120 Å². The largest absolute Gasteiger partial charge is 0.326 e. The molecule has 0 aliphatic heterocycles. The van der Waals surface area contributed by atoms with E-state index in [4.69, 9.17) is 0 Å². The van der Waals surface area contributed by atoms with Crippen LogP contribution in [0.2, 0.25) is 0 Å². The van der Waals surface area contributed by atoms with Gasteiger partial charge in [0.15, 0.2) is 0 Å². The Hall–Kier alpha value is -1.47. The molecule has 2 aromatic rings. The Kier molecular flexibility index (Phi) is 4.27. The van der Waals surface area contributed by atoms with E-state index in [9.17, 15) is 4.79 Å². The molecule has 1 heterocycles. The average Bonchev–Trinajstić information content (AvgIpc) is 2.35. The molecule has 0 saturated carbocycles. The summed E-state index contributed by atoms with van der Waals surface area (Å²) in [5, 5.41) is 5.20. The van der Waals surface area contributed by atoms with Crippen LogP contribution in [0.25, 0.3) is 0 Å². The molecule has 0 aliphatic rings. The molecule has 92 valence electrons. The number of anilines is 2. The van der Waals surface area contributed by atoms with Crippen molar-refractivity contribution in [3.8, 4) is 0 Å². The molecule has 0 atom stereocenters. The molecule has 0 fully saturated rings. The fourth-order valence-corrected chi connectivity index (χ4v) is 1.64. The maximum atomic E-state index is 11.6. The van der Waals surface area contributed by atoms with Gasteiger partial charge < -0.3 is 5.32 Å². The van der Waals surface area contributed by atoms with Gasteiger partial charge in [0.05, 0.1) is 4.47 Å². The first-order valence-corrected chi connectivity index (χ1v) is 6.53. The molecule has 0 aliphatic carbocycles. The van der Waals surface area contributed by atoms with Gasteiger partial charge >= 0.3 is 6.03 Å². The van der Waals surface area contributed by atoms with E-state index >= 15 is 0 Å². The molecule has 5 nitrogen and oxygen atoms in total. The summed E-state index contributed by atoms with van der Waals surface area (Å²) in [4.78, 5) is 19.5. The minimum atomic E-state index is -0.389.